The van der Waals surface area contributed by atoms with E-state index in [9.17, 15) is 9.59 Å². The van der Waals surface area contributed by atoms with Gasteiger partial charge in [0, 0.05) is 35.6 Å². The van der Waals surface area contributed by atoms with Crippen LogP contribution in [0.3, 0.4) is 0 Å². The Bertz CT molecular complexity index is 1010. The standard InChI is InChI=1S/C17H19N6O2P/c18-14(24)9-1-2-12-11(7-9)13-15(22-12)19-8-20-16(13)23-5-3-10(4-6-23)21-17(25)26/h1-2,7-8,10H,3-6,26H2,(H2,18,24)(H,21,25)(H,19,20,22). The molecule has 1 saturated heterocycles. The molecule has 134 valence electrons. The van der Waals surface area contributed by atoms with Gasteiger partial charge in [-0.3, -0.25) is 9.59 Å². The van der Waals surface area contributed by atoms with Crippen LogP contribution in [0.15, 0.2) is 24.5 Å². The van der Waals surface area contributed by atoms with Crippen molar-refractivity contribution >= 4 is 48.5 Å². The average Bonchev–Trinajstić information content (AvgIpc) is 2.99. The van der Waals surface area contributed by atoms with Crippen LogP contribution in [0.1, 0.15) is 23.2 Å². The molecule has 0 saturated carbocycles. The van der Waals surface area contributed by atoms with Crippen molar-refractivity contribution in [1.82, 2.24) is 20.3 Å². The van der Waals surface area contributed by atoms with Gasteiger partial charge in [0.05, 0.1) is 5.39 Å². The molecular weight excluding hydrogens is 351 g/mol. The minimum Gasteiger partial charge on any atom is -0.366 e. The molecule has 1 fully saturated rings. The quantitative estimate of drug-likeness (QED) is 0.608. The Kier molecular flexibility index (Phi) is 4.20. The Morgan fingerprint density at radius 1 is 1.27 bits per heavy atom. The van der Waals surface area contributed by atoms with Crippen molar-refractivity contribution in [3.05, 3.63) is 30.1 Å². The number of rotatable bonds is 3. The van der Waals surface area contributed by atoms with Gasteiger partial charge in [0.15, 0.2) is 0 Å². The maximum atomic E-state index is 11.5. The molecule has 8 nitrogen and oxygen atoms in total. The molecule has 9 heteroatoms. The number of benzene rings is 1. The maximum Gasteiger partial charge on any atom is 0.248 e. The minimum absolute atomic E-state index is 0.0801. The number of primary amides is 1. The molecule has 1 aliphatic rings. The summed E-state index contributed by atoms with van der Waals surface area (Å²) < 4.78 is 0. The van der Waals surface area contributed by atoms with Crippen molar-refractivity contribution < 1.29 is 9.59 Å². The van der Waals surface area contributed by atoms with Gasteiger partial charge in [0.1, 0.15) is 17.8 Å². The van der Waals surface area contributed by atoms with Gasteiger partial charge in [-0.25, -0.2) is 9.97 Å². The highest BCUT2D eigenvalue weighted by molar-refractivity contribution is 7.39. The fourth-order valence-electron chi connectivity index (χ4n) is 3.54. The number of carbonyl (C=O) groups excluding carboxylic acids is 2. The third kappa shape index (κ3) is 2.97. The van der Waals surface area contributed by atoms with Gasteiger partial charge in [0.25, 0.3) is 0 Å². The monoisotopic (exact) mass is 370 g/mol. The SMILES string of the molecule is NC(=O)c1ccc2[nH]c3ncnc(N4CCC(NC(=O)P)CC4)c3c2c1. The predicted octanol–water partition coefficient (Wildman–Crippen LogP) is 1.76. The highest BCUT2D eigenvalue weighted by Crippen LogP contribution is 2.32. The first-order valence-electron chi connectivity index (χ1n) is 8.40. The van der Waals surface area contributed by atoms with Crippen molar-refractivity contribution in [1.29, 1.82) is 0 Å². The summed E-state index contributed by atoms with van der Waals surface area (Å²) in [7, 11) is 2.15. The molecule has 26 heavy (non-hydrogen) atoms. The van der Waals surface area contributed by atoms with Crippen molar-refractivity contribution in [2.24, 2.45) is 5.73 Å². The summed E-state index contributed by atoms with van der Waals surface area (Å²) in [5.41, 5.74) is 7.41. The number of carbonyl (C=O) groups is 2. The molecule has 0 spiro atoms. The number of piperidine rings is 1. The lowest BCUT2D eigenvalue weighted by atomic mass is 10.0. The number of fused-ring (bicyclic) bond motifs is 3. The Morgan fingerprint density at radius 2 is 2.04 bits per heavy atom. The summed E-state index contributed by atoms with van der Waals surface area (Å²) >= 11 is 0. The number of amides is 2. The number of aromatic amines is 1. The van der Waals surface area contributed by atoms with Crippen molar-refractivity contribution in [3.63, 3.8) is 0 Å². The Hall–Kier alpha value is -2.73. The van der Waals surface area contributed by atoms with Gasteiger partial charge >= 0.3 is 0 Å². The van der Waals surface area contributed by atoms with Crippen LogP contribution >= 0.6 is 9.24 Å². The molecule has 0 aliphatic carbocycles. The second kappa shape index (κ2) is 6.53. The van der Waals surface area contributed by atoms with Crippen LogP contribution in [0.5, 0.6) is 0 Å². The normalized spacial score (nSPS) is 15.5. The molecule has 4 N–H and O–H groups in total. The van der Waals surface area contributed by atoms with E-state index in [0.29, 0.717) is 5.56 Å². The second-order valence-electron chi connectivity index (χ2n) is 6.44. The molecule has 0 radical (unpaired) electrons. The third-order valence-corrected chi connectivity index (χ3v) is 4.96. The Balaban J connectivity index is 1.73. The molecule has 2 amide bonds. The first-order valence-corrected chi connectivity index (χ1v) is 8.98. The van der Waals surface area contributed by atoms with Crippen LogP contribution in [0.4, 0.5) is 10.6 Å². The van der Waals surface area contributed by atoms with Gasteiger partial charge in [0.2, 0.25) is 11.6 Å². The van der Waals surface area contributed by atoms with E-state index in [1.54, 1.807) is 18.5 Å². The fourth-order valence-corrected chi connectivity index (χ4v) is 3.77. The largest absolute Gasteiger partial charge is 0.366 e. The zero-order valence-corrected chi connectivity index (χ0v) is 15.2. The fraction of sp³-hybridized carbons (Fsp3) is 0.294. The molecule has 3 heterocycles. The summed E-state index contributed by atoms with van der Waals surface area (Å²) in [5.74, 6) is 0.368. The lowest BCUT2D eigenvalue weighted by Crippen LogP contribution is -2.43. The summed E-state index contributed by atoms with van der Waals surface area (Å²) in [4.78, 5) is 37.1. The highest BCUT2D eigenvalue weighted by atomic mass is 31.0. The molecular formula is C17H19N6O2P. The maximum absolute atomic E-state index is 11.5. The van der Waals surface area contributed by atoms with Crippen LogP contribution in [0.25, 0.3) is 21.9 Å². The lowest BCUT2D eigenvalue weighted by Gasteiger charge is -2.33. The summed E-state index contributed by atoms with van der Waals surface area (Å²) in [6, 6.07) is 5.49. The Morgan fingerprint density at radius 3 is 2.73 bits per heavy atom. The van der Waals surface area contributed by atoms with E-state index >= 15 is 0 Å². The van der Waals surface area contributed by atoms with Crippen LogP contribution < -0.4 is 16.0 Å². The van der Waals surface area contributed by atoms with Crippen LogP contribution in [0, 0.1) is 0 Å². The van der Waals surface area contributed by atoms with E-state index in [1.165, 1.54) is 0 Å². The van der Waals surface area contributed by atoms with Crippen molar-refractivity contribution in [2.75, 3.05) is 18.0 Å². The minimum atomic E-state index is -0.464. The topological polar surface area (TPSA) is 117 Å². The second-order valence-corrected chi connectivity index (χ2v) is 6.96. The number of hydrogen-bond donors (Lipinski definition) is 3. The van der Waals surface area contributed by atoms with E-state index in [1.807, 2.05) is 6.07 Å². The number of nitrogens with one attached hydrogen (secondary N) is 2. The number of H-pyrrole nitrogens is 1. The molecule has 1 unspecified atom stereocenters. The summed E-state index contributed by atoms with van der Waals surface area (Å²) in [6.45, 7) is 1.56. The van der Waals surface area contributed by atoms with Gasteiger partial charge in [-0.15, -0.1) is 0 Å². The zero-order chi connectivity index (χ0) is 18.3. The predicted molar refractivity (Wildman–Crippen MR) is 103 cm³/mol. The number of aromatic nitrogens is 3. The first-order chi connectivity index (χ1) is 12.5. The number of hydrogen-bond acceptors (Lipinski definition) is 5. The highest BCUT2D eigenvalue weighted by Gasteiger charge is 2.23. The smallest absolute Gasteiger partial charge is 0.248 e. The zero-order valence-electron chi connectivity index (χ0n) is 14.0. The average molecular weight is 370 g/mol. The van der Waals surface area contributed by atoms with Gasteiger partial charge in [-0.05, 0) is 40.3 Å². The molecule has 4 rings (SSSR count). The van der Waals surface area contributed by atoms with Gasteiger partial charge < -0.3 is 20.9 Å². The third-order valence-electron chi connectivity index (χ3n) is 4.79. The molecule has 1 aromatic carbocycles. The summed E-state index contributed by atoms with van der Waals surface area (Å²) in [6.07, 6.45) is 3.24. The Labute approximate surface area is 151 Å². The van der Waals surface area contributed by atoms with E-state index < -0.39 is 5.91 Å². The van der Waals surface area contributed by atoms with Crippen molar-refractivity contribution in [3.8, 4) is 0 Å². The summed E-state index contributed by atoms with van der Waals surface area (Å²) in [5, 5.41) is 4.71. The van der Waals surface area contributed by atoms with E-state index in [-0.39, 0.29) is 11.7 Å². The number of nitrogens with two attached hydrogens (primary N) is 1. The van der Waals surface area contributed by atoms with E-state index in [2.05, 4.69) is 34.4 Å². The lowest BCUT2D eigenvalue weighted by molar-refractivity contribution is 0.100. The van der Waals surface area contributed by atoms with Crippen LogP contribution in [-0.2, 0) is 0 Å². The number of anilines is 1. The molecule has 0 bridgehead atoms. The van der Waals surface area contributed by atoms with Crippen molar-refractivity contribution in [2.45, 2.75) is 18.9 Å². The van der Waals surface area contributed by atoms with Crippen LogP contribution in [-0.4, -0.2) is 45.6 Å². The van der Waals surface area contributed by atoms with E-state index in [4.69, 9.17) is 5.73 Å². The van der Waals surface area contributed by atoms with Gasteiger partial charge in [-0.2, -0.15) is 0 Å². The molecule has 1 atom stereocenters. The molecule has 1 aliphatic heterocycles. The first kappa shape index (κ1) is 16.7. The van der Waals surface area contributed by atoms with E-state index in [0.717, 1.165) is 53.7 Å². The molecule has 2 aromatic heterocycles. The van der Waals surface area contributed by atoms with Gasteiger partial charge in [-0.1, -0.05) is 0 Å². The number of nitrogens with zero attached hydrogens (tertiary/aromatic N) is 3. The molecule has 3 aromatic rings. The van der Waals surface area contributed by atoms with Crippen LogP contribution in [0.2, 0.25) is 0 Å².